The highest BCUT2D eigenvalue weighted by atomic mass is 35.5. The Morgan fingerprint density at radius 1 is 1.13 bits per heavy atom. The van der Waals surface area contributed by atoms with Crippen molar-refractivity contribution in [2.45, 2.75) is 20.4 Å². The third-order valence-corrected chi connectivity index (χ3v) is 6.56. The van der Waals surface area contributed by atoms with Gasteiger partial charge in [-0.05, 0) is 44.2 Å². The van der Waals surface area contributed by atoms with Gasteiger partial charge in [0, 0.05) is 28.2 Å². The number of benzene rings is 2. The van der Waals surface area contributed by atoms with Gasteiger partial charge in [0.05, 0.1) is 28.6 Å². The van der Waals surface area contributed by atoms with Gasteiger partial charge in [-0.15, -0.1) is 11.3 Å². The number of amides is 1. The third kappa shape index (κ3) is 3.26. The van der Waals surface area contributed by atoms with E-state index in [1.54, 1.807) is 40.8 Å². The van der Waals surface area contributed by atoms with Crippen LogP contribution in [0.2, 0.25) is 5.02 Å². The van der Waals surface area contributed by atoms with Crippen molar-refractivity contribution in [3.05, 3.63) is 68.8 Å². The third-order valence-electron chi connectivity index (χ3n) is 5.17. The first-order valence-corrected chi connectivity index (χ1v) is 10.9. The summed E-state index contributed by atoms with van der Waals surface area (Å²) in [4.78, 5) is 28.7. The predicted octanol–water partition coefficient (Wildman–Crippen LogP) is 5.56. The zero-order chi connectivity index (χ0) is 21.4. The maximum Gasteiger partial charge on any atom is 0.268 e. The van der Waals surface area contributed by atoms with Crippen molar-refractivity contribution in [2.75, 3.05) is 18.6 Å². The molecule has 0 aliphatic heterocycles. The van der Waals surface area contributed by atoms with E-state index in [1.807, 2.05) is 38.1 Å². The molecule has 0 saturated carbocycles. The monoisotopic (exact) mass is 440 g/mol. The number of halogens is 1. The fourth-order valence-electron chi connectivity index (χ4n) is 3.76. The number of hydrogen-bond acceptors (Lipinski definition) is 4. The van der Waals surface area contributed by atoms with Gasteiger partial charge >= 0.3 is 0 Å². The molecule has 0 aliphatic carbocycles. The number of ether oxygens (including phenoxy) is 1. The zero-order valence-electron chi connectivity index (χ0n) is 16.9. The van der Waals surface area contributed by atoms with Crippen LogP contribution in [0.1, 0.15) is 23.5 Å². The van der Waals surface area contributed by atoms with E-state index >= 15 is 0 Å². The number of anilines is 1. The Morgan fingerprint density at radius 2 is 1.90 bits per heavy atom. The maximum absolute atomic E-state index is 13.5. The van der Waals surface area contributed by atoms with Crippen LogP contribution in [0.5, 0.6) is 5.75 Å². The molecule has 7 heteroatoms. The molecule has 5 nitrogen and oxygen atoms in total. The molecule has 0 fully saturated rings. The van der Waals surface area contributed by atoms with Crippen LogP contribution in [0.3, 0.4) is 0 Å². The summed E-state index contributed by atoms with van der Waals surface area (Å²) in [5, 5.41) is 2.06. The van der Waals surface area contributed by atoms with Gasteiger partial charge in [-0.1, -0.05) is 29.8 Å². The molecule has 2 aromatic heterocycles. The number of aryl methyl sites for hydroxylation is 1. The molecule has 4 rings (SSSR count). The molecule has 4 aromatic rings. The molecule has 0 radical (unpaired) electrons. The summed E-state index contributed by atoms with van der Waals surface area (Å²) in [6.45, 7) is 4.84. The average Bonchev–Trinajstić information content (AvgIpc) is 3.21. The number of carbonyl (C=O) groups is 1. The number of thiophene rings is 1. The van der Waals surface area contributed by atoms with E-state index in [2.05, 4.69) is 0 Å². The second-order valence-corrected chi connectivity index (χ2v) is 8.27. The molecule has 0 spiro atoms. The SMILES string of the molecule is CCN(C(=O)c1cc2c(=O)n(CC)c3ccccc3c2s1)c1cc(Cl)ccc1OC. The summed E-state index contributed by atoms with van der Waals surface area (Å²) in [5.74, 6) is 0.375. The van der Waals surface area contributed by atoms with Crippen molar-refractivity contribution in [2.24, 2.45) is 0 Å². The quantitative estimate of drug-likeness (QED) is 0.408. The van der Waals surface area contributed by atoms with E-state index in [1.165, 1.54) is 11.3 Å². The van der Waals surface area contributed by atoms with Crippen molar-refractivity contribution in [3.8, 4) is 5.75 Å². The van der Waals surface area contributed by atoms with Gasteiger partial charge in [0.15, 0.2) is 0 Å². The van der Waals surface area contributed by atoms with Crippen LogP contribution in [0, 0.1) is 0 Å². The minimum absolute atomic E-state index is 0.0788. The normalized spacial score (nSPS) is 11.2. The molecule has 1 amide bonds. The first-order valence-electron chi connectivity index (χ1n) is 9.70. The molecule has 0 atom stereocenters. The Morgan fingerprint density at radius 3 is 2.60 bits per heavy atom. The summed E-state index contributed by atoms with van der Waals surface area (Å²) in [5.41, 5.74) is 1.40. The van der Waals surface area contributed by atoms with E-state index < -0.39 is 0 Å². The molecule has 2 aromatic carbocycles. The molecule has 0 aliphatic rings. The maximum atomic E-state index is 13.5. The second kappa shape index (κ2) is 8.13. The molecule has 154 valence electrons. The van der Waals surface area contributed by atoms with Crippen LogP contribution in [0.15, 0.2) is 53.3 Å². The highest BCUT2D eigenvalue weighted by molar-refractivity contribution is 7.21. The number of para-hydroxylation sites is 1. The number of methoxy groups -OCH3 is 1. The number of pyridine rings is 1. The van der Waals surface area contributed by atoms with Crippen LogP contribution in [0.25, 0.3) is 21.0 Å². The number of rotatable bonds is 5. The Labute approximate surface area is 183 Å². The van der Waals surface area contributed by atoms with Gasteiger partial charge in [-0.2, -0.15) is 0 Å². The number of aromatic nitrogens is 1. The molecule has 0 N–H and O–H groups in total. The predicted molar refractivity (Wildman–Crippen MR) is 125 cm³/mol. The average molecular weight is 441 g/mol. The fourth-order valence-corrected chi connectivity index (χ4v) is 5.05. The minimum Gasteiger partial charge on any atom is -0.495 e. The Kier molecular flexibility index (Phi) is 5.54. The van der Waals surface area contributed by atoms with Crippen molar-refractivity contribution in [1.29, 1.82) is 0 Å². The van der Waals surface area contributed by atoms with Gasteiger partial charge in [-0.25, -0.2) is 0 Å². The van der Waals surface area contributed by atoms with E-state index in [-0.39, 0.29) is 11.5 Å². The summed E-state index contributed by atoms with van der Waals surface area (Å²) in [6, 6.07) is 14.7. The second-order valence-electron chi connectivity index (χ2n) is 6.79. The highest BCUT2D eigenvalue weighted by Crippen LogP contribution is 2.35. The summed E-state index contributed by atoms with van der Waals surface area (Å²) in [6.07, 6.45) is 0. The molecule has 0 saturated heterocycles. The van der Waals surface area contributed by atoms with Gasteiger partial charge in [0.1, 0.15) is 5.75 Å². The molecule has 0 unspecified atom stereocenters. The van der Waals surface area contributed by atoms with Crippen molar-refractivity contribution in [1.82, 2.24) is 4.57 Å². The Bertz CT molecular complexity index is 1330. The van der Waals surface area contributed by atoms with Crippen LogP contribution in [0.4, 0.5) is 5.69 Å². The Balaban J connectivity index is 1.90. The first-order chi connectivity index (χ1) is 14.5. The standard InChI is InChI=1S/C23H21ClN2O3S/c1-4-25-17-9-7-6-8-15(17)21-16(22(25)27)13-20(30-21)23(28)26(5-2)18-12-14(24)10-11-19(18)29-3/h6-13H,4-5H2,1-3H3. The lowest BCUT2D eigenvalue weighted by molar-refractivity contribution is 0.0991. The lowest BCUT2D eigenvalue weighted by Gasteiger charge is -2.22. The van der Waals surface area contributed by atoms with Crippen LogP contribution >= 0.6 is 22.9 Å². The van der Waals surface area contributed by atoms with E-state index in [4.69, 9.17) is 16.3 Å². The minimum atomic E-state index is -0.189. The van der Waals surface area contributed by atoms with Crippen molar-refractivity contribution in [3.63, 3.8) is 0 Å². The highest BCUT2D eigenvalue weighted by Gasteiger charge is 2.23. The molecule has 2 heterocycles. The zero-order valence-corrected chi connectivity index (χ0v) is 18.5. The lowest BCUT2D eigenvalue weighted by atomic mass is 10.1. The molecule has 30 heavy (non-hydrogen) atoms. The number of nitrogens with zero attached hydrogens (tertiary/aromatic N) is 2. The first kappa shape index (κ1) is 20.4. The van der Waals surface area contributed by atoms with E-state index in [0.29, 0.717) is 39.8 Å². The molecular formula is C23H21ClN2O3S. The van der Waals surface area contributed by atoms with Gasteiger partial charge in [-0.3, -0.25) is 9.59 Å². The number of carbonyl (C=O) groups excluding carboxylic acids is 1. The van der Waals surface area contributed by atoms with Crippen LogP contribution in [-0.4, -0.2) is 24.1 Å². The Hall–Kier alpha value is -2.83. The number of fused-ring (bicyclic) bond motifs is 3. The summed E-state index contributed by atoms with van der Waals surface area (Å²) in [7, 11) is 1.56. The lowest BCUT2D eigenvalue weighted by Crippen LogP contribution is -2.30. The van der Waals surface area contributed by atoms with E-state index in [9.17, 15) is 9.59 Å². The van der Waals surface area contributed by atoms with Gasteiger partial charge < -0.3 is 14.2 Å². The number of hydrogen-bond donors (Lipinski definition) is 0. The molecule has 0 bridgehead atoms. The topological polar surface area (TPSA) is 51.5 Å². The van der Waals surface area contributed by atoms with Crippen LogP contribution < -0.4 is 15.2 Å². The summed E-state index contributed by atoms with van der Waals surface area (Å²) >= 11 is 7.52. The van der Waals surface area contributed by atoms with Gasteiger partial charge in [0.25, 0.3) is 11.5 Å². The van der Waals surface area contributed by atoms with Crippen molar-refractivity contribution < 1.29 is 9.53 Å². The van der Waals surface area contributed by atoms with Crippen LogP contribution in [-0.2, 0) is 6.54 Å². The van der Waals surface area contributed by atoms with Gasteiger partial charge in [0.2, 0.25) is 0 Å². The molecular weight excluding hydrogens is 420 g/mol. The smallest absolute Gasteiger partial charge is 0.268 e. The summed E-state index contributed by atoms with van der Waals surface area (Å²) < 4.78 is 8.01. The van der Waals surface area contributed by atoms with E-state index in [0.717, 1.165) is 15.6 Å². The van der Waals surface area contributed by atoms with Crippen molar-refractivity contribution >= 4 is 55.5 Å². The fraction of sp³-hybridized carbons (Fsp3) is 0.217. The largest absolute Gasteiger partial charge is 0.495 e.